The van der Waals surface area contributed by atoms with Crippen molar-refractivity contribution in [3.63, 3.8) is 0 Å². The maximum Gasteiger partial charge on any atom is 0.273 e. The highest BCUT2D eigenvalue weighted by molar-refractivity contribution is 5.93. The van der Waals surface area contributed by atoms with Crippen LogP contribution in [-0.4, -0.2) is 11.1 Å². The van der Waals surface area contributed by atoms with Gasteiger partial charge in [0.2, 0.25) is 0 Å². The van der Waals surface area contributed by atoms with E-state index < -0.39 is 0 Å². The summed E-state index contributed by atoms with van der Waals surface area (Å²) in [5, 5.41) is 6.70. The number of hydrogen-bond donors (Lipinski definition) is 1. The Hall–Kier alpha value is -2.88. The van der Waals surface area contributed by atoms with E-state index in [-0.39, 0.29) is 11.6 Å². The number of nitrogens with one attached hydrogen (secondary N) is 1. The number of aromatic nitrogens is 1. The first-order valence-electron chi connectivity index (χ1n) is 7.09. The second-order valence-electron chi connectivity index (χ2n) is 5.05. The monoisotopic (exact) mass is 292 g/mol. The number of carbonyl (C=O) groups excluding carboxylic acids is 1. The minimum Gasteiger partial charge on any atom is -0.355 e. The highest BCUT2D eigenvalue weighted by atomic mass is 16.5. The molecule has 0 aliphatic heterocycles. The third kappa shape index (κ3) is 3.06. The zero-order valence-electron chi connectivity index (χ0n) is 12.2. The van der Waals surface area contributed by atoms with Gasteiger partial charge in [-0.3, -0.25) is 4.79 Å². The zero-order valence-corrected chi connectivity index (χ0v) is 12.2. The summed E-state index contributed by atoms with van der Waals surface area (Å²) >= 11 is 0. The van der Waals surface area contributed by atoms with Gasteiger partial charge in [0.25, 0.3) is 5.91 Å². The normalized spacial score (nSPS) is 10.4. The lowest BCUT2D eigenvalue weighted by Crippen LogP contribution is -2.23. The van der Waals surface area contributed by atoms with Crippen molar-refractivity contribution in [1.29, 1.82) is 0 Å². The van der Waals surface area contributed by atoms with E-state index >= 15 is 0 Å². The molecule has 1 heterocycles. The van der Waals surface area contributed by atoms with Crippen LogP contribution in [0.3, 0.4) is 0 Å². The average molecular weight is 292 g/mol. The largest absolute Gasteiger partial charge is 0.355 e. The van der Waals surface area contributed by atoms with Gasteiger partial charge in [-0.25, -0.2) is 0 Å². The molecule has 1 amide bonds. The van der Waals surface area contributed by atoms with E-state index in [9.17, 15) is 4.79 Å². The Morgan fingerprint density at radius 3 is 2.59 bits per heavy atom. The molecule has 110 valence electrons. The molecule has 1 aromatic heterocycles. The van der Waals surface area contributed by atoms with Gasteiger partial charge in [-0.15, -0.1) is 0 Å². The summed E-state index contributed by atoms with van der Waals surface area (Å²) in [4.78, 5) is 12.1. The van der Waals surface area contributed by atoms with E-state index in [1.54, 1.807) is 6.07 Å². The fourth-order valence-electron chi connectivity index (χ4n) is 2.20. The molecule has 0 unspecified atom stereocenters. The number of hydrogen-bond acceptors (Lipinski definition) is 3. The molecule has 0 spiro atoms. The van der Waals surface area contributed by atoms with Crippen LogP contribution in [-0.2, 0) is 6.54 Å². The molecule has 3 rings (SSSR count). The molecular weight excluding hydrogens is 276 g/mol. The highest BCUT2D eigenvalue weighted by Gasteiger charge is 2.13. The fourth-order valence-corrected chi connectivity index (χ4v) is 2.20. The number of benzene rings is 2. The molecule has 22 heavy (non-hydrogen) atoms. The van der Waals surface area contributed by atoms with Crippen molar-refractivity contribution in [2.45, 2.75) is 13.5 Å². The SMILES string of the molecule is Cc1ccccc1CNC(=O)c1cc(-c2ccccc2)on1. The van der Waals surface area contributed by atoms with Crippen LogP contribution in [0.1, 0.15) is 21.6 Å². The van der Waals surface area contributed by atoms with Gasteiger partial charge in [-0.05, 0) is 18.1 Å². The smallest absolute Gasteiger partial charge is 0.273 e. The Morgan fingerprint density at radius 1 is 1.09 bits per heavy atom. The third-order valence-electron chi connectivity index (χ3n) is 3.50. The van der Waals surface area contributed by atoms with E-state index in [2.05, 4.69) is 10.5 Å². The summed E-state index contributed by atoms with van der Waals surface area (Å²) < 4.78 is 5.24. The number of amides is 1. The van der Waals surface area contributed by atoms with Crippen LogP contribution < -0.4 is 5.32 Å². The minimum absolute atomic E-state index is 0.241. The average Bonchev–Trinajstić information content (AvgIpc) is 3.05. The van der Waals surface area contributed by atoms with Crippen molar-refractivity contribution in [3.05, 3.63) is 77.5 Å². The van der Waals surface area contributed by atoms with Gasteiger partial charge in [-0.2, -0.15) is 0 Å². The summed E-state index contributed by atoms with van der Waals surface area (Å²) in [6, 6.07) is 19.2. The molecule has 0 fully saturated rings. The summed E-state index contributed by atoms with van der Waals surface area (Å²) in [5.74, 6) is 0.343. The lowest BCUT2D eigenvalue weighted by Gasteiger charge is -2.05. The van der Waals surface area contributed by atoms with Crippen molar-refractivity contribution in [2.24, 2.45) is 0 Å². The topological polar surface area (TPSA) is 55.1 Å². The molecular formula is C18H16N2O2. The van der Waals surface area contributed by atoms with Crippen LogP contribution in [0.15, 0.2) is 65.2 Å². The Morgan fingerprint density at radius 2 is 1.82 bits per heavy atom. The first-order valence-corrected chi connectivity index (χ1v) is 7.09. The number of aryl methyl sites for hydroxylation is 1. The maximum absolute atomic E-state index is 12.1. The second kappa shape index (κ2) is 6.26. The van der Waals surface area contributed by atoms with Crippen LogP contribution in [0.25, 0.3) is 11.3 Å². The lowest BCUT2D eigenvalue weighted by atomic mass is 10.1. The quantitative estimate of drug-likeness (QED) is 0.799. The highest BCUT2D eigenvalue weighted by Crippen LogP contribution is 2.19. The second-order valence-corrected chi connectivity index (χ2v) is 5.05. The van der Waals surface area contributed by atoms with Crippen molar-refractivity contribution >= 4 is 5.91 Å². The standard InChI is InChI=1S/C18H16N2O2/c1-13-7-5-6-10-15(13)12-19-18(21)16-11-17(22-20-16)14-8-3-2-4-9-14/h2-11H,12H2,1H3,(H,19,21). The first kappa shape index (κ1) is 14.1. The predicted octanol–water partition coefficient (Wildman–Crippen LogP) is 3.58. The van der Waals surface area contributed by atoms with Crippen molar-refractivity contribution < 1.29 is 9.32 Å². The fraction of sp³-hybridized carbons (Fsp3) is 0.111. The van der Waals surface area contributed by atoms with Gasteiger partial charge in [-0.1, -0.05) is 59.8 Å². The Labute approximate surface area is 128 Å². The molecule has 0 bridgehead atoms. The number of carbonyl (C=O) groups is 1. The van der Waals surface area contributed by atoms with Crippen LogP contribution >= 0.6 is 0 Å². The van der Waals surface area contributed by atoms with E-state index in [0.29, 0.717) is 12.3 Å². The van der Waals surface area contributed by atoms with Crippen LogP contribution in [0.5, 0.6) is 0 Å². The molecule has 4 heteroatoms. The van der Waals surface area contributed by atoms with Crippen LogP contribution in [0.2, 0.25) is 0 Å². The third-order valence-corrected chi connectivity index (χ3v) is 3.50. The molecule has 4 nitrogen and oxygen atoms in total. The van der Waals surface area contributed by atoms with Crippen LogP contribution in [0, 0.1) is 6.92 Å². The minimum atomic E-state index is -0.241. The summed E-state index contributed by atoms with van der Waals surface area (Å²) in [7, 11) is 0. The van der Waals surface area contributed by atoms with Gasteiger partial charge >= 0.3 is 0 Å². The van der Waals surface area contributed by atoms with Crippen molar-refractivity contribution in [3.8, 4) is 11.3 Å². The molecule has 3 aromatic rings. The van der Waals surface area contributed by atoms with Crippen molar-refractivity contribution in [2.75, 3.05) is 0 Å². The maximum atomic E-state index is 12.1. The van der Waals surface area contributed by atoms with E-state index in [4.69, 9.17) is 4.52 Å². The van der Waals surface area contributed by atoms with Crippen molar-refractivity contribution in [1.82, 2.24) is 10.5 Å². The Balaban J connectivity index is 1.69. The van der Waals surface area contributed by atoms with Gasteiger partial charge in [0.05, 0.1) is 0 Å². The van der Waals surface area contributed by atoms with Gasteiger partial charge in [0.15, 0.2) is 11.5 Å². The first-order chi connectivity index (χ1) is 10.7. The molecule has 2 aromatic carbocycles. The summed E-state index contributed by atoms with van der Waals surface area (Å²) in [6.45, 7) is 2.49. The number of rotatable bonds is 4. The van der Waals surface area contributed by atoms with E-state index in [0.717, 1.165) is 16.7 Å². The predicted molar refractivity (Wildman–Crippen MR) is 84.3 cm³/mol. The summed E-state index contributed by atoms with van der Waals surface area (Å²) in [5.41, 5.74) is 3.41. The Bertz CT molecular complexity index is 779. The van der Waals surface area contributed by atoms with E-state index in [1.165, 1.54) is 0 Å². The molecule has 0 radical (unpaired) electrons. The molecule has 0 aliphatic rings. The van der Waals surface area contributed by atoms with Gasteiger partial charge < -0.3 is 9.84 Å². The molecule has 1 N–H and O–H groups in total. The molecule has 0 atom stereocenters. The molecule has 0 saturated heterocycles. The molecule has 0 aliphatic carbocycles. The summed E-state index contributed by atoms with van der Waals surface area (Å²) in [6.07, 6.45) is 0. The van der Waals surface area contributed by atoms with Crippen LogP contribution in [0.4, 0.5) is 0 Å². The Kier molecular flexibility index (Phi) is 4.01. The van der Waals surface area contributed by atoms with Gasteiger partial charge in [0, 0.05) is 18.2 Å². The van der Waals surface area contributed by atoms with Gasteiger partial charge in [0.1, 0.15) is 0 Å². The van der Waals surface area contributed by atoms with E-state index in [1.807, 2.05) is 61.5 Å². The lowest BCUT2D eigenvalue weighted by molar-refractivity contribution is 0.0942. The number of nitrogens with zero attached hydrogens (tertiary/aromatic N) is 1. The zero-order chi connectivity index (χ0) is 15.4. The molecule has 0 saturated carbocycles.